The van der Waals surface area contributed by atoms with Crippen LogP contribution in [0.3, 0.4) is 0 Å². The second-order valence-corrected chi connectivity index (χ2v) is 13.3. The Labute approximate surface area is 197 Å². The second kappa shape index (κ2) is 6.27. The van der Waals surface area contributed by atoms with E-state index in [1.54, 1.807) is 0 Å². The number of fused-ring (bicyclic) bond motifs is 2. The summed E-state index contributed by atoms with van der Waals surface area (Å²) in [4.78, 5) is 2.82. The van der Waals surface area contributed by atoms with Crippen LogP contribution >= 0.6 is 0 Å². The Bertz CT molecular complexity index is 1010. The molecule has 4 saturated carbocycles. The minimum absolute atomic E-state index is 0.0238. The lowest BCUT2D eigenvalue weighted by molar-refractivity contribution is -0.296. The standard InChI is InChI=1S/C28H39NO4/c1-25(2,3)23(31)18-14-26-9-10-28(18,32-4)24-27(26)11-12-29(15-16-5-6-16)20(26)13-17-7-8-19(30)22(33-24)21(17)27/h7-8,16,18,20,23-24,30-31H,5-6,9-15H2,1-4H3/t18-,20-,23?,24?,26-,27+,28+/m1/s1. The van der Waals surface area contributed by atoms with Gasteiger partial charge in [-0.1, -0.05) is 26.8 Å². The van der Waals surface area contributed by atoms with Crippen molar-refractivity contribution in [3.05, 3.63) is 23.3 Å². The van der Waals surface area contributed by atoms with Crippen LogP contribution in [-0.4, -0.2) is 59.2 Å². The SMILES string of the molecule is CO[C@@]12CC[C@@]3(C[C@@H]1C(O)C(C)(C)C)[C@H]1Cc4ccc(O)c5c4[C@@]3(CCN1CC1CC1)C2O5. The minimum atomic E-state index is -0.530. The monoisotopic (exact) mass is 453 g/mol. The molecule has 2 unspecified atom stereocenters. The number of ether oxygens (including phenoxy) is 2. The number of phenols is 1. The Morgan fingerprint density at radius 2 is 2.00 bits per heavy atom. The Morgan fingerprint density at radius 3 is 2.70 bits per heavy atom. The molecule has 0 aromatic heterocycles. The van der Waals surface area contributed by atoms with Crippen molar-refractivity contribution in [1.82, 2.24) is 4.90 Å². The lowest BCUT2D eigenvalue weighted by Gasteiger charge is -2.74. The number of likely N-dealkylation sites (tertiary alicyclic amines) is 1. The Kier molecular flexibility index (Phi) is 4.00. The molecule has 1 aromatic rings. The highest BCUT2D eigenvalue weighted by Gasteiger charge is 2.81. The van der Waals surface area contributed by atoms with Gasteiger partial charge in [-0.25, -0.2) is 0 Å². The van der Waals surface area contributed by atoms with Crippen molar-refractivity contribution in [1.29, 1.82) is 0 Å². The Balaban J connectivity index is 1.46. The topological polar surface area (TPSA) is 62.2 Å². The van der Waals surface area contributed by atoms with Gasteiger partial charge in [0, 0.05) is 42.0 Å². The third kappa shape index (κ3) is 2.31. The van der Waals surface area contributed by atoms with Crippen molar-refractivity contribution in [3.8, 4) is 11.5 Å². The van der Waals surface area contributed by atoms with Crippen LogP contribution in [0.25, 0.3) is 0 Å². The van der Waals surface area contributed by atoms with Gasteiger partial charge in [-0.15, -0.1) is 0 Å². The summed E-state index contributed by atoms with van der Waals surface area (Å²) >= 11 is 0. The summed E-state index contributed by atoms with van der Waals surface area (Å²) in [7, 11) is 1.83. The van der Waals surface area contributed by atoms with E-state index in [0.717, 1.165) is 44.6 Å². The number of aliphatic hydroxyl groups excluding tert-OH is 1. The van der Waals surface area contributed by atoms with E-state index in [1.165, 1.54) is 30.5 Å². The average molecular weight is 454 g/mol. The molecule has 0 radical (unpaired) electrons. The van der Waals surface area contributed by atoms with Gasteiger partial charge >= 0.3 is 0 Å². The smallest absolute Gasteiger partial charge is 0.165 e. The summed E-state index contributed by atoms with van der Waals surface area (Å²) in [6, 6.07) is 4.47. The largest absolute Gasteiger partial charge is 0.504 e. The highest BCUT2D eigenvalue weighted by molar-refractivity contribution is 5.63. The first kappa shape index (κ1) is 21.0. The molecule has 33 heavy (non-hydrogen) atoms. The van der Waals surface area contributed by atoms with Gasteiger partial charge in [-0.3, -0.25) is 4.90 Å². The summed E-state index contributed by atoms with van der Waals surface area (Å²) in [5, 5.41) is 22.6. The van der Waals surface area contributed by atoms with Gasteiger partial charge in [0.25, 0.3) is 0 Å². The number of hydrogen-bond acceptors (Lipinski definition) is 5. The molecule has 5 fully saturated rings. The first-order chi connectivity index (χ1) is 15.7. The summed E-state index contributed by atoms with van der Waals surface area (Å²) in [5.74, 6) is 1.87. The third-order valence-corrected chi connectivity index (χ3v) is 11.0. The maximum absolute atomic E-state index is 11.7. The maximum atomic E-state index is 11.7. The fourth-order valence-electron chi connectivity index (χ4n) is 9.43. The third-order valence-electron chi connectivity index (χ3n) is 11.0. The molecule has 8 rings (SSSR count). The number of hydrogen-bond donors (Lipinski definition) is 2. The maximum Gasteiger partial charge on any atom is 0.165 e. The first-order valence-corrected chi connectivity index (χ1v) is 13.2. The van der Waals surface area contributed by atoms with E-state index >= 15 is 0 Å². The lowest BCUT2D eigenvalue weighted by atomic mass is 9.34. The van der Waals surface area contributed by atoms with E-state index in [0.29, 0.717) is 11.8 Å². The van der Waals surface area contributed by atoms with Gasteiger partial charge in [0.15, 0.2) is 11.5 Å². The molecule has 7 aliphatic rings. The zero-order valence-corrected chi connectivity index (χ0v) is 20.6. The number of rotatable bonds is 4. The molecule has 5 aliphatic carbocycles. The van der Waals surface area contributed by atoms with E-state index in [-0.39, 0.29) is 34.0 Å². The van der Waals surface area contributed by atoms with Crippen LogP contribution < -0.4 is 4.74 Å². The molecule has 2 heterocycles. The van der Waals surface area contributed by atoms with Crippen LogP contribution in [0.2, 0.25) is 0 Å². The van der Waals surface area contributed by atoms with E-state index in [1.807, 2.05) is 13.2 Å². The molecule has 7 atom stereocenters. The molecule has 180 valence electrons. The molecule has 1 aromatic carbocycles. The van der Waals surface area contributed by atoms with E-state index < -0.39 is 11.7 Å². The highest BCUT2D eigenvalue weighted by atomic mass is 16.6. The van der Waals surface area contributed by atoms with Gasteiger partial charge in [-0.2, -0.15) is 0 Å². The number of aliphatic hydroxyl groups is 1. The van der Waals surface area contributed by atoms with Gasteiger partial charge in [-0.05, 0) is 74.5 Å². The fourth-order valence-corrected chi connectivity index (χ4v) is 9.43. The molecule has 4 bridgehead atoms. The molecular weight excluding hydrogens is 414 g/mol. The minimum Gasteiger partial charge on any atom is -0.504 e. The summed E-state index contributed by atoms with van der Waals surface area (Å²) in [5.41, 5.74) is 1.84. The van der Waals surface area contributed by atoms with Crippen molar-refractivity contribution in [3.63, 3.8) is 0 Å². The van der Waals surface area contributed by atoms with Crippen LogP contribution in [0.15, 0.2) is 12.1 Å². The first-order valence-electron chi connectivity index (χ1n) is 13.2. The van der Waals surface area contributed by atoms with Crippen LogP contribution in [0.1, 0.15) is 70.4 Å². The normalized spacial score (nSPS) is 43.8. The number of nitrogens with zero attached hydrogens (tertiary/aromatic N) is 1. The number of piperidine rings is 1. The Morgan fingerprint density at radius 1 is 1.21 bits per heavy atom. The number of aromatic hydroxyl groups is 1. The predicted molar refractivity (Wildman–Crippen MR) is 126 cm³/mol. The number of benzene rings is 1. The molecule has 2 N–H and O–H groups in total. The summed E-state index contributed by atoms with van der Waals surface area (Å²) < 4.78 is 13.3. The van der Waals surface area contributed by atoms with Gasteiger partial charge < -0.3 is 19.7 Å². The molecular formula is C28H39NO4. The van der Waals surface area contributed by atoms with Gasteiger partial charge in [0.1, 0.15) is 11.7 Å². The second-order valence-electron chi connectivity index (χ2n) is 13.3. The fraction of sp³-hybridized carbons (Fsp3) is 0.786. The van der Waals surface area contributed by atoms with E-state index in [9.17, 15) is 10.2 Å². The molecule has 0 amide bonds. The van der Waals surface area contributed by atoms with Gasteiger partial charge in [0.2, 0.25) is 0 Å². The average Bonchev–Trinajstić information content (AvgIpc) is 3.52. The van der Waals surface area contributed by atoms with E-state index in [4.69, 9.17) is 9.47 Å². The lowest BCUT2D eigenvalue weighted by Crippen LogP contribution is -2.82. The van der Waals surface area contributed by atoms with Crippen molar-refractivity contribution in [2.45, 2.75) is 95.0 Å². The van der Waals surface area contributed by atoms with Crippen LogP contribution in [0, 0.1) is 22.7 Å². The van der Waals surface area contributed by atoms with Crippen molar-refractivity contribution in [2.24, 2.45) is 22.7 Å². The van der Waals surface area contributed by atoms with Crippen LogP contribution in [0.5, 0.6) is 11.5 Å². The Hall–Kier alpha value is -1.30. The quantitative estimate of drug-likeness (QED) is 0.721. The van der Waals surface area contributed by atoms with Crippen LogP contribution in [-0.2, 0) is 16.6 Å². The van der Waals surface area contributed by atoms with Crippen molar-refractivity contribution >= 4 is 0 Å². The van der Waals surface area contributed by atoms with Gasteiger partial charge in [0.05, 0.1) is 6.10 Å². The van der Waals surface area contributed by atoms with Crippen LogP contribution in [0.4, 0.5) is 0 Å². The zero-order valence-electron chi connectivity index (χ0n) is 20.6. The highest BCUT2D eigenvalue weighted by Crippen LogP contribution is 2.77. The predicted octanol–water partition coefficient (Wildman–Crippen LogP) is 4.02. The van der Waals surface area contributed by atoms with E-state index in [2.05, 4.69) is 31.7 Å². The number of phenolic OH excluding ortho intramolecular Hbond substituents is 1. The molecule has 2 aliphatic heterocycles. The molecule has 5 nitrogen and oxygen atoms in total. The zero-order chi connectivity index (χ0) is 23.0. The molecule has 5 heteroatoms. The summed E-state index contributed by atoms with van der Waals surface area (Å²) in [6.45, 7) is 8.75. The summed E-state index contributed by atoms with van der Waals surface area (Å²) in [6.07, 6.45) is 7.26. The number of methoxy groups -OCH3 is 1. The molecule has 2 spiro atoms. The molecule has 1 saturated heterocycles. The van der Waals surface area contributed by atoms with Crippen molar-refractivity contribution in [2.75, 3.05) is 20.2 Å². The van der Waals surface area contributed by atoms with Crippen molar-refractivity contribution < 1.29 is 19.7 Å².